The Balaban J connectivity index is 1.85. The molecule has 2 aromatic carbocycles. The lowest BCUT2D eigenvalue weighted by atomic mass is 9.91. The van der Waals surface area contributed by atoms with Gasteiger partial charge in [0, 0.05) is 16.0 Å². The maximum Gasteiger partial charge on any atom is 0.253 e. The molecule has 1 aromatic heterocycles. The first-order valence-corrected chi connectivity index (χ1v) is 10.4. The predicted molar refractivity (Wildman–Crippen MR) is 122 cm³/mol. The highest BCUT2D eigenvalue weighted by Crippen LogP contribution is 2.28. The van der Waals surface area contributed by atoms with E-state index in [1.807, 2.05) is 20.8 Å². The second kappa shape index (κ2) is 8.76. The number of carbonyl (C=O) groups is 1. The molecule has 3 aromatic rings. The SMILES string of the molecule is CC(C)(C)[C@H](NC(=O)c1ccc(Cl)cc1)Nc1c(Nc2ccc(F)nc2Br)c(=O)c1=O. The summed E-state index contributed by atoms with van der Waals surface area (Å²) in [5.41, 5.74) is -1.22. The van der Waals surface area contributed by atoms with Crippen LogP contribution in [0.4, 0.5) is 21.5 Å². The molecule has 0 saturated heterocycles. The maximum absolute atomic E-state index is 13.2. The van der Waals surface area contributed by atoms with E-state index in [9.17, 15) is 18.8 Å². The summed E-state index contributed by atoms with van der Waals surface area (Å²) in [4.78, 5) is 40.7. The van der Waals surface area contributed by atoms with Crippen molar-refractivity contribution in [3.8, 4) is 0 Å². The van der Waals surface area contributed by atoms with Gasteiger partial charge in [-0.25, -0.2) is 4.98 Å². The molecule has 1 heterocycles. The first-order valence-electron chi connectivity index (χ1n) is 9.22. The molecular formula is C21H19BrClFN4O3. The van der Waals surface area contributed by atoms with Crippen LogP contribution in [0.2, 0.25) is 5.02 Å². The molecule has 0 radical (unpaired) electrons. The predicted octanol–water partition coefficient (Wildman–Crippen LogP) is 4.19. The van der Waals surface area contributed by atoms with E-state index in [4.69, 9.17) is 11.6 Å². The number of amides is 1. The molecule has 0 saturated carbocycles. The molecule has 10 heteroatoms. The van der Waals surface area contributed by atoms with E-state index < -0.39 is 28.4 Å². The van der Waals surface area contributed by atoms with Gasteiger partial charge in [0.2, 0.25) is 5.95 Å². The highest BCUT2D eigenvalue weighted by Gasteiger charge is 2.31. The molecule has 31 heavy (non-hydrogen) atoms. The Labute approximate surface area is 190 Å². The van der Waals surface area contributed by atoms with Crippen LogP contribution in [0, 0.1) is 11.4 Å². The average molecular weight is 510 g/mol. The van der Waals surface area contributed by atoms with Crippen LogP contribution >= 0.6 is 27.5 Å². The summed E-state index contributed by atoms with van der Waals surface area (Å²) in [7, 11) is 0. The molecule has 0 aliphatic rings. The lowest BCUT2D eigenvalue weighted by molar-refractivity contribution is 0.0913. The molecule has 1 atom stereocenters. The summed E-state index contributed by atoms with van der Waals surface area (Å²) in [6.07, 6.45) is -0.686. The van der Waals surface area contributed by atoms with Gasteiger partial charge in [-0.05, 0) is 52.3 Å². The third-order valence-corrected chi connectivity index (χ3v) is 5.38. The van der Waals surface area contributed by atoms with Gasteiger partial charge in [0.25, 0.3) is 16.8 Å². The monoisotopic (exact) mass is 508 g/mol. The first-order chi connectivity index (χ1) is 14.5. The summed E-state index contributed by atoms with van der Waals surface area (Å²) in [5.74, 6) is -1.07. The zero-order valence-corrected chi connectivity index (χ0v) is 19.2. The maximum atomic E-state index is 13.2. The van der Waals surface area contributed by atoms with Gasteiger partial charge in [0.05, 0.1) is 5.69 Å². The number of hydrogen-bond acceptors (Lipinski definition) is 6. The van der Waals surface area contributed by atoms with Crippen molar-refractivity contribution in [1.29, 1.82) is 0 Å². The molecule has 7 nitrogen and oxygen atoms in total. The second-order valence-corrected chi connectivity index (χ2v) is 9.12. The summed E-state index contributed by atoms with van der Waals surface area (Å²) in [6.45, 7) is 5.60. The molecular weight excluding hydrogens is 491 g/mol. The Morgan fingerprint density at radius 1 is 1.06 bits per heavy atom. The van der Waals surface area contributed by atoms with E-state index in [0.717, 1.165) is 6.07 Å². The zero-order valence-electron chi connectivity index (χ0n) is 16.8. The number of benzene rings is 1. The van der Waals surface area contributed by atoms with Gasteiger partial charge in [0.1, 0.15) is 22.1 Å². The summed E-state index contributed by atoms with van der Waals surface area (Å²) in [5, 5.41) is 9.10. The average Bonchev–Trinajstić information content (AvgIpc) is 2.70. The molecule has 0 bridgehead atoms. The second-order valence-electron chi connectivity index (χ2n) is 7.93. The Kier molecular flexibility index (Phi) is 6.47. The van der Waals surface area contributed by atoms with E-state index >= 15 is 0 Å². The topological polar surface area (TPSA) is 100 Å². The lowest BCUT2D eigenvalue weighted by Crippen LogP contribution is -2.51. The van der Waals surface area contributed by atoms with E-state index in [2.05, 4.69) is 36.9 Å². The number of rotatable bonds is 6. The van der Waals surface area contributed by atoms with E-state index in [1.54, 1.807) is 24.3 Å². The quantitative estimate of drug-likeness (QED) is 0.262. The van der Waals surface area contributed by atoms with Crippen LogP contribution in [-0.4, -0.2) is 17.1 Å². The number of carbonyl (C=O) groups excluding carboxylic acids is 1. The fourth-order valence-corrected chi connectivity index (χ4v) is 3.24. The van der Waals surface area contributed by atoms with Crippen molar-refractivity contribution in [1.82, 2.24) is 10.3 Å². The van der Waals surface area contributed by atoms with Gasteiger partial charge in [0.15, 0.2) is 0 Å². The van der Waals surface area contributed by atoms with Crippen LogP contribution in [0.15, 0.2) is 50.6 Å². The Morgan fingerprint density at radius 2 is 1.68 bits per heavy atom. The Hall–Kier alpha value is -2.78. The third kappa shape index (κ3) is 5.11. The van der Waals surface area contributed by atoms with Gasteiger partial charge >= 0.3 is 0 Å². The summed E-state index contributed by atoms with van der Waals surface area (Å²) in [6, 6.07) is 8.88. The van der Waals surface area contributed by atoms with Gasteiger partial charge in [-0.2, -0.15) is 4.39 Å². The van der Waals surface area contributed by atoms with Gasteiger partial charge < -0.3 is 16.0 Å². The van der Waals surface area contributed by atoms with Crippen molar-refractivity contribution < 1.29 is 9.18 Å². The Morgan fingerprint density at radius 3 is 2.26 bits per heavy atom. The zero-order chi connectivity index (χ0) is 22.9. The number of hydrogen-bond donors (Lipinski definition) is 3. The normalized spacial score (nSPS) is 12.5. The smallest absolute Gasteiger partial charge is 0.253 e. The van der Waals surface area contributed by atoms with Gasteiger partial charge in [-0.1, -0.05) is 32.4 Å². The molecule has 0 spiro atoms. The largest absolute Gasteiger partial charge is 0.360 e. The molecule has 1 amide bonds. The highest BCUT2D eigenvalue weighted by atomic mass is 79.9. The minimum Gasteiger partial charge on any atom is -0.360 e. The molecule has 3 rings (SSSR count). The lowest BCUT2D eigenvalue weighted by Gasteiger charge is -2.33. The van der Waals surface area contributed by atoms with E-state index in [1.165, 1.54) is 6.07 Å². The fraction of sp³-hybridized carbons (Fsp3) is 0.238. The number of halogens is 3. The van der Waals surface area contributed by atoms with Gasteiger partial charge in [-0.3, -0.25) is 14.4 Å². The summed E-state index contributed by atoms with van der Waals surface area (Å²) >= 11 is 8.98. The van der Waals surface area contributed by atoms with Crippen LogP contribution < -0.4 is 26.8 Å². The molecule has 3 N–H and O–H groups in total. The standard InChI is InChI=1S/C21H19BrClFN4O3/c1-21(2,3)20(28-19(31)10-4-6-11(23)7-5-10)27-15-14(16(29)17(15)30)25-12-8-9-13(24)26-18(12)22/h4-9,20,25,27H,1-3H3,(H,28,31)/t20-/m0/s1. The van der Waals surface area contributed by atoms with Crippen LogP contribution in [0.3, 0.4) is 0 Å². The number of nitrogens with zero attached hydrogens (tertiary/aromatic N) is 1. The molecule has 0 aliphatic heterocycles. The van der Waals surface area contributed by atoms with Crippen LogP contribution in [-0.2, 0) is 0 Å². The minimum atomic E-state index is -0.726. The summed E-state index contributed by atoms with van der Waals surface area (Å²) < 4.78 is 13.4. The van der Waals surface area contributed by atoms with Crippen molar-refractivity contribution >= 4 is 50.5 Å². The van der Waals surface area contributed by atoms with Crippen molar-refractivity contribution in [2.24, 2.45) is 5.41 Å². The number of aromatic nitrogens is 1. The third-order valence-electron chi connectivity index (χ3n) is 4.52. The van der Waals surface area contributed by atoms with Crippen LogP contribution in [0.5, 0.6) is 0 Å². The van der Waals surface area contributed by atoms with E-state index in [-0.39, 0.29) is 21.9 Å². The van der Waals surface area contributed by atoms with Crippen molar-refractivity contribution in [3.63, 3.8) is 0 Å². The molecule has 0 aliphatic carbocycles. The van der Waals surface area contributed by atoms with Crippen LogP contribution in [0.1, 0.15) is 31.1 Å². The number of nitrogens with one attached hydrogen (secondary N) is 3. The van der Waals surface area contributed by atoms with Crippen molar-refractivity contribution in [2.45, 2.75) is 26.9 Å². The van der Waals surface area contributed by atoms with Gasteiger partial charge in [-0.15, -0.1) is 0 Å². The number of anilines is 3. The number of pyridine rings is 1. The molecule has 162 valence electrons. The molecule has 0 fully saturated rings. The molecule has 0 unspecified atom stereocenters. The van der Waals surface area contributed by atoms with E-state index in [0.29, 0.717) is 16.3 Å². The first kappa shape index (κ1) is 22.9. The van der Waals surface area contributed by atoms with Crippen molar-refractivity contribution in [2.75, 3.05) is 10.6 Å². The van der Waals surface area contributed by atoms with Crippen LogP contribution in [0.25, 0.3) is 0 Å². The minimum absolute atomic E-state index is 0.00843. The Bertz CT molecular complexity index is 1200. The fourth-order valence-electron chi connectivity index (χ4n) is 2.72. The van der Waals surface area contributed by atoms with Crippen molar-refractivity contribution in [3.05, 3.63) is 78.0 Å². The highest BCUT2D eigenvalue weighted by molar-refractivity contribution is 9.10.